The van der Waals surface area contributed by atoms with Crippen LogP contribution in [0, 0.1) is 5.92 Å². The first-order chi connectivity index (χ1) is 13.3. The maximum Gasteiger partial charge on any atom is 0.118 e. The van der Waals surface area contributed by atoms with E-state index in [1.165, 1.54) is 0 Å². The van der Waals surface area contributed by atoms with Gasteiger partial charge in [0.1, 0.15) is 11.4 Å². The fourth-order valence-electron chi connectivity index (χ4n) is 4.14. The molecule has 3 rings (SSSR count). The van der Waals surface area contributed by atoms with Gasteiger partial charge < -0.3 is 14.7 Å². The van der Waals surface area contributed by atoms with Gasteiger partial charge in [0.2, 0.25) is 0 Å². The molecule has 1 fully saturated rings. The van der Waals surface area contributed by atoms with Gasteiger partial charge in [-0.15, -0.1) is 0 Å². The van der Waals surface area contributed by atoms with Gasteiger partial charge in [-0.1, -0.05) is 41.4 Å². The average Bonchev–Trinajstić information content (AvgIpc) is 2.64. The summed E-state index contributed by atoms with van der Waals surface area (Å²) in [5.74, 6) is 0.864. The largest absolute Gasteiger partial charge is 0.497 e. The predicted octanol–water partition coefficient (Wildman–Crippen LogP) is 5.63. The molecule has 0 radical (unpaired) electrons. The Hall–Kier alpha value is -1.52. The number of ether oxygens (including phenoxy) is 1. The molecular weight excluding hydrogens is 393 g/mol. The molecule has 1 aliphatic carbocycles. The van der Waals surface area contributed by atoms with Gasteiger partial charge in [0, 0.05) is 22.5 Å². The molecule has 0 saturated heterocycles. The zero-order valence-electron chi connectivity index (χ0n) is 16.6. The van der Waals surface area contributed by atoms with E-state index < -0.39 is 5.60 Å². The van der Waals surface area contributed by atoms with E-state index in [4.69, 9.17) is 27.9 Å². The summed E-state index contributed by atoms with van der Waals surface area (Å²) >= 11 is 12.6. The van der Waals surface area contributed by atoms with Crippen molar-refractivity contribution in [3.05, 3.63) is 69.2 Å². The molecular formula is C23H27Cl2NO2. The minimum atomic E-state index is -1.11. The first-order valence-electron chi connectivity index (χ1n) is 9.51. The molecule has 0 heterocycles. The quantitative estimate of drug-likeness (QED) is 0.680. The van der Waals surface area contributed by atoms with Crippen LogP contribution in [-0.4, -0.2) is 37.8 Å². The number of hydrogen-bond acceptors (Lipinski definition) is 3. The van der Waals surface area contributed by atoms with Crippen molar-refractivity contribution < 1.29 is 9.84 Å². The van der Waals surface area contributed by atoms with Crippen LogP contribution in [-0.2, 0) is 5.60 Å². The number of aliphatic hydroxyl groups is 1. The Bertz CT molecular complexity index is 828. The number of hydrogen-bond donors (Lipinski definition) is 1. The highest BCUT2D eigenvalue weighted by atomic mass is 35.5. The lowest BCUT2D eigenvalue weighted by Crippen LogP contribution is -2.44. The van der Waals surface area contributed by atoms with Gasteiger partial charge in [0.05, 0.1) is 7.11 Å². The highest BCUT2D eigenvalue weighted by Crippen LogP contribution is 2.47. The minimum Gasteiger partial charge on any atom is -0.497 e. The number of rotatable bonds is 5. The molecule has 5 heteroatoms. The number of nitrogens with zero attached hydrogens (tertiary/aromatic N) is 1. The Morgan fingerprint density at radius 3 is 2.36 bits per heavy atom. The van der Waals surface area contributed by atoms with Gasteiger partial charge in [-0.2, -0.15) is 0 Å². The maximum absolute atomic E-state index is 12.1. The van der Waals surface area contributed by atoms with Gasteiger partial charge in [0.25, 0.3) is 0 Å². The summed E-state index contributed by atoms with van der Waals surface area (Å²) in [6, 6.07) is 13.3. The molecule has 150 valence electrons. The molecule has 1 aliphatic rings. The Morgan fingerprint density at radius 2 is 1.79 bits per heavy atom. The topological polar surface area (TPSA) is 32.7 Å². The van der Waals surface area contributed by atoms with Crippen molar-refractivity contribution in [3.63, 3.8) is 0 Å². The molecule has 0 spiro atoms. The lowest BCUT2D eigenvalue weighted by Gasteiger charge is -2.44. The summed E-state index contributed by atoms with van der Waals surface area (Å²) in [6.07, 6.45) is 4.91. The van der Waals surface area contributed by atoms with E-state index >= 15 is 0 Å². The number of halogens is 2. The summed E-state index contributed by atoms with van der Waals surface area (Å²) in [5, 5.41) is 13.2. The highest BCUT2D eigenvalue weighted by Gasteiger charge is 2.44. The fourth-order valence-corrected chi connectivity index (χ4v) is 4.67. The zero-order valence-corrected chi connectivity index (χ0v) is 18.1. The van der Waals surface area contributed by atoms with Crippen LogP contribution in [0.1, 0.15) is 30.4 Å². The van der Waals surface area contributed by atoms with Crippen LogP contribution in [0.15, 0.2) is 48.0 Å². The van der Waals surface area contributed by atoms with Gasteiger partial charge in [-0.3, -0.25) is 0 Å². The van der Waals surface area contributed by atoms with Crippen LogP contribution < -0.4 is 4.74 Å². The summed E-state index contributed by atoms with van der Waals surface area (Å²) in [5.41, 5.74) is 1.68. The van der Waals surface area contributed by atoms with E-state index in [1.807, 2.05) is 50.5 Å². The van der Waals surface area contributed by atoms with E-state index in [0.717, 1.165) is 48.3 Å². The van der Waals surface area contributed by atoms with E-state index in [-0.39, 0.29) is 5.92 Å². The lowest BCUT2D eigenvalue weighted by atomic mass is 9.67. The molecule has 0 amide bonds. The second kappa shape index (κ2) is 8.87. The standard InChI is InChI=1S/C23H27Cl2NO2/c1-26(2)15-18-6-4-5-17(11-16-7-9-22(28-3)10-8-16)23(18,27)19-12-20(24)14-21(25)13-19/h7-14,18,27H,4-6,15H2,1-3H3. The van der Waals surface area contributed by atoms with Crippen LogP contribution >= 0.6 is 23.2 Å². The summed E-state index contributed by atoms with van der Waals surface area (Å²) < 4.78 is 5.25. The zero-order chi connectivity index (χ0) is 20.3. The fraction of sp³-hybridized carbons (Fsp3) is 0.391. The molecule has 0 aliphatic heterocycles. The molecule has 2 aromatic carbocycles. The first kappa shape index (κ1) is 21.2. The van der Waals surface area contributed by atoms with E-state index in [2.05, 4.69) is 11.0 Å². The minimum absolute atomic E-state index is 0.0512. The second-order valence-corrected chi connectivity index (χ2v) is 8.59. The second-order valence-electron chi connectivity index (χ2n) is 7.72. The predicted molar refractivity (Wildman–Crippen MR) is 117 cm³/mol. The Kier molecular flexibility index (Phi) is 6.72. The highest BCUT2D eigenvalue weighted by molar-refractivity contribution is 6.34. The maximum atomic E-state index is 12.1. The van der Waals surface area contributed by atoms with Gasteiger partial charge in [0.15, 0.2) is 0 Å². The van der Waals surface area contributed by atoms with Gasteiger partial charge >= 0.3 is 0 Å². The summed E-state index contributed by atoms with van der Waals surface area (Å²) in [4.78, 5) is 2.12. The molecule has 2 unspecified atom stereocenters. The molecule has 0 bridgehead atoms. The molecule has 2 aromatic rings. The lowest BCUT2D eigenvalue weighted by molar-refractivity contribution is -0.0174. The van der Waals surface area contributed by atoms with E-state index in [9.17, 15) is 5.11 Å². The van der Waals surface area contributed by atoms with Crippen LogP contribution in [0.3, 0.4) is 0 Å². The smallest absolute Gasteiger partial charge is 0.118 e. The van der Waals surface area contributed by atoms with E-state index in [1.54, 1.807) is 13.2 Å². The molecule has 3 nitrogen and oxygen atoms in total. The van der Waals surface area contributed by atoms with Crippen molar-refractivity contribution in [2.75, 3.05) is 27.7 Å². The number of benzene rings is 2. The average molecular weight is 420 g/mol. The first-order valence-corrected chi connectivity index (χ1v) is 10.3. The van der Waals surface area contributed by atoms with Gasteiger partial charge in [-0.25, -0.2) is 0 Å². The van der Waals surface area contributed by atoms with E-state index in [0.29, 0.717) is 10.0 Å². The van der Waals surface area contributed by atoms with Crippen molar-refractivity contribution in [1.29, 1.82) is 0 Å². The monoisotopic (exact) mass is 419 g/mol. The third-order valence-corrected chi connectivity index (χ3v) is 5.86. The van der Waals surface area contributed by atoms with Gasteiger partial charge in [-0.05, 0) is 80.4 Å². The Morgan fingerprint density at radius 1 is 1.14 bits per heavy atom. The SMILES string of the molecule is COc1ccc(C=C2CCCC(CN(C)C)C2(O)c2cc(Cl)cc(Cl)c2)cc1. The molecule has 1 N–H and O–H groups in total. The Balaban J connectivity index is 2.10. The molecule has 28 heavy (non-hydrogen) atoms. The Labute approximate surface area is 177 Å². The third kappa shape index (κ3) is 4.55. The van der Waals surface area contributed by atoms with Crippen molar-refractivity contribution in [2.45, 2.75) is 24.9 Å². The molecule has 2 atom stereocenters. The van der Waals surface area contributed by atoms with Crippen molar-refractivity contribution in [1.82, 2.24) is 4.90 Å². The van der Waals surface area contributed by atoms with Crippen molar-refractivity contribution in [3.8, 4) is 5.75 Å². The third-order valence-electron chi connectivity index (χ3n) is 5.42. The molecule has 0 aromatic heterocycles. The number of methoxy groups -OCH3 is 1. The van der Waals surface area contributed by atoms with Crippen LogP contribution in [0.2, 0.25) is 10.0 Å². The summed E-state index contributed by atoms with van der Waals surface area (Å²) in [7, 11) is 5.72. The van der Waals surface area contributed by atoms with Crippen LogP contribution in [0.4, 0.5) is 0 Å². The normalized spacial score (nSPS) is 24.0. The van der Waals surface area contributed by atoms with Crippen molar-refractivity contribution in [2.24, 2.45) is 5.92 Å². The summed E-state index contributed by atoms with van der Waals surface area (Å²) in [6.45, 7) is 0.778. The molecule has 1 saturated carbocycles. The van der Waals surface area contributed by atoms with Crippen LogP contribution in [0.5, 0.6) is 5.75 Å². The van der Waals surface area contributed by atoms with Crippen molar-refractivity contribution >= 4 is 29.3 Å². The van der Waals surface area contributed by atoms with Crippen LogP contribution in [0.25, 0.3) is 6.08 Å².